The molecule has 0 aromatic heterocycles. The zero-order chi connectivity index (χ0) is 14.7. The average Bonchev–Trinajstić information content (AvgIpc) is 2.40. The number of carboxylic acids is 1. The van der Waals surface area contributed by atoms with Gasteiger partial charge in [0, 0.05) is 15.6 Å². The molecule has 0 saturated carbocycles. The highest BCUT2D eigenvalue weighted by atomic mass is 35.5. The summed E-state index contributed by atoms with van der Waals surface area (Å²) in [6.45, 7) is -0.0827. The van der Waals surface area contributed by atoms with Gasteiger partial charge >= 0.3 is 5.97 Å². The van der Waals surface area contributed by atoms with E-state index in [1.165, 1.54) is 12.1 Å². The molecular weight excluding hydrogens is 306 g/mol. The Kier molecular flexibility index (Phi) is 4.47. The van der Waals surface area contributed by atoms with Gasteiger partial charge in [0.15, 0.2) is 11.6 Å². The Labute approximate surface area is 124 Å². The summed E-state index contributed by atoms with van der Waals surface area (Å²) in [6.07, 6.45) is 0. The van der Waals surface area contributed by atoms with Gasteiger partial charge in [0.25, 0.3) is 0 Å². The molecule has 0 radical (unpaired) electrons. The van der Waals surface area contributed by atoms with Gasteiger partial charge in [0.2, 0.25) is 0 Å². The van der Waals surface area contributed by atoms with Gasteiger partial charge < -0.3 is 9.84 Å². The third-order valence-electron chi connectivity index (χ3n) is 2.58. The van der Waals surface area contributed by atoms with Crippen LogP contribution in [0.25, 0.3) is 0 Å². The molecule has 0 saturated heterocycles. The molecule has 0 spiro atoms. The Bertz CT molecular complexity index is 659. The van der Waals surface area contributed by atoms with Crippen LogP contribution in [0.5, 0.6) is 5.75 Å². The molecule has 0 atom stereocenters. The third-order valence-corrected chi connectivity index (χ3v) is 3.18. The van der Waals surface area contributed by atoms with Crippen LogP contribution in [0.4, 0.5) is 4.39 Å². The number of rotatable bonds is 4. The molecule has 0 fully saturated rings. The van der Waals surface area contributed by atoms with Crippen LogP contribution in [-0.2, 0) is 6.61 Å². The first-order chi connectivity index (χ1) is 9.49. The van der Waals surface area contributed by atoms with Crippen LogP contribution in [0.3, 0.4) is 0 Å². The van der Waals surface area contributed by atoms with Crippen molar-refractivity contribution >= 4 is 29.2 Å². The molecule has 104 valence electrons. The van der Waals surface area contributed by atoms with Crippen molar-refractivity contribution < 1.29 is 19.0 Å². The summed E-state index contributed by atoms with van der Waals surface area (Å²) < 4.78 is 18.9. The molecule has 0 amide bonds. The fourth-order valence-electron chi connectivity index (χ4n) is 1.63. The highest BCUT2D eigenvalue weighted by Crippen LogP contribution is 2.26. The lowest BCUT2D eigenvalue weighted by atomic mass is 10.2. The fraction of sp³-hybridized carbons (Fsp3) is 0.0714. The maximum absolute atomic E-state index is 13.6. The van der Waals surface area contributed by atoms with Gasteiger partial charge in [-0.2, -0.15) is 0 Å². The summed E-state index contributed by atoms with van der Waals surface area (Å²) in [4.78, 5) is 11.0. The number of halogens is 3. The van der Waals surface area contributed by atoms with Crippen LogP contribution in [-0.4, -0.2) is 11.1 Å². The van der Waals surface area contributed by atoms with E-state index in [1.54, 1.807) is 18.2 Å². The first kappa shape index (κ1) is 14.6. The Morgan fingerprint density at radius 1 is 1.25 bits per heavy atom. The Morgan fingerprint density at radius 3 is 2.70 bits per heavy atom. The second kappa shape index (κ2) is 6.11. The molecule has 3 nitrogen and oxygen atoms in total. The SMILES string of the molecule is O=C(O)c1cccc(F)c1OCc1cc(Cl)ccc1Cl. The second-order valence-corrected chi connectivity index (χ2v) is 4.79. The van der Waals surface area contributed by atoms with E-state index in [4.69, 9.17) is 33.0 Å². The van der Waals surface area contributed by atoms with Crippen molar-refractivity contribution in [3.63, 3.8) is 0 Å². The number of hydrogen-bond acceptors (Lipinski definition) is 2. The quantitative estimate of drug-likeness (QED) is 0.909. The molecule has 0 bridgehead atoms. The molecular formula is C14H9Cl2FO3. The van der Waals surface area contributed by atoms with Crippen molar-refractivity contribution in [2.75, 3.05) is 0 Å². The Hall–Kier alpha value is -1.78. The van der Waals surface area contributed by atoms with Crippen LogP contribution in [0.2, 0.25) is 10.0 Å². The number of para-hydroxylation sites is 1. The first-order valence-corrected chi connectivity index (χ1v) is 6.33. The summed E-state index contributed by atoms with van der Waals surface area (Å²) in [7, 11) is 0. The summed E-state index contributed by atoms with van der Waals surface area (Å²) in [5, 5.41) is 9.86. The topological polar surface area (TPSA) is 46.5 Å². The average molecular weight is 315 g/mol. The second-order valence-electron chi connectivity index (χ2n) is 3.95. The van der Waals surface area contributed by atoms with Crippen LogP contribution < -0.4 is 4.74 Å². The lowest BCUT2D eigenvalue weighted by Crippen LogP contribution is -2.05. The molecule has 2 aromatic rings. The summed E-state index contributed by atoms with van der Waals surface area (Å²) >= 11 is 11.8. The van der Waals surface area contributed by atoms with Crippen LogP contribution >= 0.6 is 23.2 Å². The van der Waals surface area contributed by atoms with Crippen molar-refractivity contribution in [1.29, 1.82) is 0 Å². The van der Waals surface area contributed by atoms with Gasteiger partial charge in [-0.05, 0) is 30.3 Å². The molecule has 20 heavy (non-hydrogen) atoms. The van der Waals surface area contributed by atoms with E-state index in [2.05, 4.69) is 0 Å². The largest absolute Gasteiger partial charge is 0.485 e. The van der Waals surface area contributed by atoms with E-state index >= 15 is 0 Å². The van der Waals surface area contributed by atoms with Gasteiger partial charge in [0.1, 0.15) is 12.2 Å². The monoisotopic (exact) mass is 314 g/mol. The van der Waals surface area contributed by atoms with E-state index in [0.717, 1.165) is 6.07 Å². The standard InChI is InChI=1S/C14H9Cl2FO3/c15-9-4-5-11(16)8(6-9)7-20-13-10(14(18)19)2-1-3-12(13)17/h1-6H,7H2,(H,18,19). The van der Waals surface area contributed by atoms with Crippen molar-refractivity contribution in [3.8, 4) is 5.75 Å². The van der Waals surface area contributed by atoms with E-state index in [0.29, 0.717) is 15.6 Å². The van der Waals surface area contributed by atoms with Gasteiger partial charge in [-0.15, -0.1) is 0 Å². The third kappa shape index (κ3) is 3.21. The summed E-state index contributed by atoms with van der Waals surface area (Å²) in [5.41, 5.74) is 0.293. The number of aromatic carboxylic acids is 1. The van der Waals surface area contributed by atoms with Crippen LogP contribution in [0.15, 0.2) is 36.4 Å². The highest BCUT2D eigenvalue weighted by Gasteiger charge is 2.16. The zero-order valence-electron chi connectivity index (χ0n) is 10.1. The van der Waals surface area contributed by atoms with Crippen LogP contribution in [0, 0.1) is 5.82 Å². The minimum atomic E-state index is -1.27. The predicted molar refractivity (Wildman–Crippen MR) is 74.2 cm³/mol. The van der Waals surface area contributed by atoms with Gasteiger partial charge in [0.05, 0.1) is 0 Å². The van der Waals surface area contributed by atoms with Gasteiger partial charge in [-0.3, -0.25) is 0 Å². The molecule has 2 rings (SSSR count). The van der Waals surface area contributed by atoms with Crippen molar-refractivity contribution in [2.24, 2.45) is 0 Å². The lowest BCUT2D eigenvalue weighted by molar-refractivity contribution is 0.0690. The number of hydrogen-bond donors (Lipinski definition) is 1. The molecule has 0 unspecified atom stereocenters. The minimum absolute atomic E-state index is 0.0827. The zero-order valence-corrected chi connectivity index (χ0v) is 11.6. The van der Waals surface area contributed by atoms with E-state index in [1.807, 2.05) is 0 Å². The molecule has 0 heterocycles. The molecule has 6 heteroatoms. The molecule has 0 aliphatic carbocycles. The minimum Gasteiger partial charge on any atom is -0.485 e. The van der Waals surface area contributed by atoms with E-state index in [-0.39, 0.29) is 17.9 Å². The highest BCUT2D eigenvalue weighted by molar-refractivity contribution is 6.33. The van der Waals surface area contributed by atoms with Gasteiger partial charge in [-0.1, -0.05) is 29.3 Å². The number of carbonyl (C=O) groups is 1. The van der Waals surface area contributed by atoms with Crippen molar-refractivity contribution in [1.82, 2.24) is 0 Å². The van der Waals surface area contributed by atoms with Crippen molar-refractivity contribution in [3.05, 3.63) is 63.4 Å². The van der Waals surface area contributed by atoms with E-state index in [9.17, 15) is 9.18 Å². The Morgan fingerprint density at radius 2 is 2.00 bits per heavy atom. The number of carboxylic acid groups (broad SMARTS) is 1. The number of benzene rings is 2. The molecule has 0 aliphatic rings. The predicted octanol–water partition coefficient (Wildman–Crippen LogP) is 4.41. The maximum Gasteiger partial charge on any atom is 0.339 e. The smallest absolute Gasteiger partial charge is 0.339 e. The fourth-order valence-corrected chi connectivity index (χ4v) is 1.99. The van der Waals surface area contributed by atoms with Gasteiger partial charge in [-0.25, -0.2) is 9.18 Å². The maximum atomic E-state index is 13.6. The number of ether oxygens (including phenoxy) is 1. The van der Waals surface area contributed by atoms with Crippen molar-refractivity contribution in [2.45, 2.75) is 6.61 Å². The summed E-state index contributed by atoms with van der Waals surface area (Å²) in [5.74, 6) is -2.34. The first-order valence-electron chi connectivity index (χ1n) is 5.57. The van der Waals surface area contributed by atoms with E-state index < -0.39 is 11.8 Å². The summed E-state index contributed by atoms with van der Waals surface area (Å²) in [6, 6.07) is 8.46. The normalized spacial score (nSPS) is 10.3. The Balaban J connectivity index is 2.27. The molecule has 0 aliphatic heterocycles. The molecule has 1 N–H and O–H groups in total. The lowest BCUT2D eigenvalue weighted by Gasteiger charge is -2.11. The molecule has 2 aromatic carbocycles. The van der Waals surface area contributed by atoms with Crippen LogP contribution in [0.1, 0.15) is 15.9 Å².